The number of carbonyl (C=O) groups excluding carboxylic acids is 1. The van der Waals surface area contributed by atoms with Gasteiger partial charge in [0.2, 0.25) is 5.91 Å². The van der Waals surface area contributed by atoms with Gasteiger partial charge in [-0.05, 0) is 36.6 Å². The van der Waals surface area contributed by atoms with Crippen LogP contribution in [0.4, 0.5) is 0 Å². The van der Waals surface area contributed by atoms with E-state index < -0.39 is 0 Å². The Hall–Kier alpha value is -2.62. The van der Waals surface area contributed by atoms with Gasteiger partial charge in [0.25, 0.3) is 0 Å². The Bertz CT molecular complexity index is 837. The van der Waals surface area contributed by atoms with Gasteiger partial charge in [-0.15, -0.1) is 0 Å². The van der Waals surface area contributed by atoms with E-state index in [-0.39, 0.29) is 5.91 Å². The number of furan rings is 1. The van der Waals surface area contributed by atoms with E-state index >= 15 is 0 Å². The van der Waals surface area contributed by atoms with E-state index in [1.54, 1.807) is 23.6 Å². The second kappa shape index (κ2) is 6.24. The predicted molar refractivity (Wildman–Crippen MR) is 90.1 cm³/mol. The fourth-order valence-electron chi connectivity index (χ4n) is 2.68. The molecule has 4 heteroatoms. The minimum atomic E-state index is 0.0646. The van der Waals surface area contributed by atoms with Crippen molar-refractivity contribution in [1.82, 2.24) is 9.88 Å². The van der Waals surface area contributed by atoms with Crippen molar-refractivity contribution >= 4 is 16.9 Å². The summed E-state index contributed by atoms with van der Waals surface area (Å²) >= 11 is 0. The first-order valence-corrected chi connectivity index (χ1v) is 7.65. The van der Waals surface area contributed by atoms with Crippen molar-refractivity contribution in [3.63, 3.8) is 0 Å². The number of aryl methyl sites for hydroxylation is 2. The third-order valence-corrected chi connectivity index (χ3v) is 4.25. The molecule has 0 saturated heterocycles. The number of likely N-dealkylation sites (N-methyl/N-ethyl adjacent to an activating group) is 1. The third-order valence-electron chi connectivity index (χ3n) is 4.25. The Labute approximate surface area is 135 Å². The number of hydrogen-bond acceptors (Lipinski definition) is 3. The lowest BCUT2D eigenvalue weighted by Gasteiger charge is -2.16. The molecular weight excluding hydrogens is 288 g/mol. The number of fused-ring (bicyclic) bond motifs is 1. The summed E-state index contributed by atoms with van der Waals surface area (Å²) in [5.74, 6) is 0.0646. The average molecular weight is 308 g/mol. The van der Waals surface area contributed by atoms with Crippen LogP contribution in [0.1, 0.15) is 22.3 Å². The largest absolute Gasteiger partial charge is 0.464 e. The zero-order chi connectivity index (χ0) is 16.4. The molecule has 2 aromatic heterocycles. The van der Waals surface area contributed by atoms with Gasteiger partial charge in [0.15, 0.2) is 0 Å². The van der Waals surface area contributed by atoms with Crippen molar-refractivity contribution < 1.29 is 9.21 Å². The van der Waals surface area contributed by atoms with Crippen LogP contribution in [-0.4, -0.2) is 22.8 Å². The predicted octanol–water partition coefficient (Wildman–Crippen LogP) is 3.65. The van der Waals surface area contributed by atoms with E-state index in [2.05, 4.69) is 18.0 Å². The highest BCUT2D eigenvalue weighted by Gasteiger charge is 2.15. The van der Waals surface area contributed by atoms with E-state index in [1.807, 2.05) is 32.2 Å². The second-order valence-corrected chi connectivity index (χ2v) is 5.93. The molecule has 0 bridgehead atoms. The quantitative estimate of drug-likeness (QED) is 0.739. The van der Waals surface area contributed by atoms with Gasteiger partial charge in [-0.3, -0.25) is 9.78 Å². The molecule has 1 aromatic carbocycles. The maximum atomic E-state index is 12.5. The first-order valence-electron chi connectivity index (χ1n) is 7.65. The maximum absolute atomic E-state index is 12.5. The van der Waals surface area contributed by atoms with Crippen molar-refractivity contribution in [3.05, 3.63) is 65.2 Å². The number of amides is 1. The van der Waals surface area contributed by atoms with Crippen molar-refractivity contribution in [2.75, 3.05) is 7.05 Å². The summed E-state index contributed by atoms with van der Waals surface area (Å²) in [6.07, 6.45) is 5.55. The normalized spacial score (nSPS) is 10.9. The number of pyridine rings is 1. The fraction of sp³-hybridized carbons (Fsp3) is 0.263. The number of carbonyl (C=O) groups is 1. The number of rotatable bonds is 4. The van der Waals surface area contributed by atoms with Crippen LogP contribution in [0.15, 0.2) is 47.3 Å². The lowest BCUT2D eigenvalue weighted by atomic mass is 10.0. The lowest BCUT2D eigenvalue weighted by Crippen LogP contribution is -2.27. The van der Waals surface area contributed by atoms with Crippen LogP contribution in [0.2, 0.25) is 0 Å². The van der Waals surface area contributed by atoms with Gasteiger partial charge in [0, 0.05) is 36.9 Å². The van der Waals surface area contributed by atoms with Crippen LogP contribution in [0.25, 0.3) is 11.0 Å². The molecule has 0 aliphatic heterocycles. The molecule has 0 atom stereocenters. The van der Waals surface area contributed by atoms with Crippen LogP contribution in [0, 0.1) is 13.8 Å². The standard InChI is InChI=1S/C19H20N2O2/c1-13-6-7-17-16(12-23-19(17)14(13)2)9-18(22)21(3)11-15-5-4-8-20-10-15/h4-8,10,12H,9,11H2,1-3H3. The van der Waals surface area contributed by atoms with Crippen LogP contribution in [0.5, 0.6) is 0 Å². The minimum Gasteiger partial charge on any atom is -0.464 e. The molecule has 0 spiro atoms. The summed E-state index contributed by atoms with van der Waals surface area (Å²) in [5.41, 5.74) is 5.16. The van der Waals surface area contributed by atoms with Crippen LogP contribution in [0.3, 0.4) is 0 Å². The molecule has 1 amide bonds. The molecule has 2 heterocycles. The maximum Gasteiger partial charge on any atom is 0.227 e. The van der Waals surface area contributed by atoms with E-state index in [1.165, 1.54) is 5.56 Å². The summed E-state index contributed by atoms with van der Waals surface area (Å²) in [6, 6.07) is 7.95. The van der Waals surface area contributed by atoms with Crippen molar-refractivity contribution in [2.24, 2.45) is 0 Å². The molecule has 0 saturated carbocycles. The van der Waals surface area contributed by atoms with Gasteiger partial charge in [-0.25, -0.2) is 0 Å². The van der Waals surface area contributed by atoms with Crippen molar-refractivity contribution in [3.8, 4) is 0 Å². The molecule has 23 heavy (non-hydrogen) atoms. The molecule has 0 N–H and O–H groups in total. The van der Waals surface area contributed by atoms with Crippen LogP contribution < -0.4 is 0 Å². The Kier molecular flexibility index (Phi) is 4.15. The number of aromatic nitrogens is 1. The first-order chi connectivity index (χ1) is 11.1. The molecule has 0 unspecified atom stereocenters. The zero-order valence-electron chi connectivity index (χ0n) is 13.7. The monoisotopic (exact) mass is 308 g/mol. The second-order valence-electron chi connectivity index (χ2n) is 5.93. The van der Waals surface area contributed by atoms with Gasteiger partial charge in [0.05, 0.1) is 12.7 Å². The lowest BCUT2D eigenvalue weighted by molar-refractivity contribution is -0.129. The van der Waals surface area contributed by atoms with E-state index in [9.17, 15) is 4.79 Å². The van der Waals surface area contributed by atoms with E-state index in [4.69, 9.17) is 4.42 Å². The Balaban J connectivity index is 1.76. The van der Waals surface area contributed by atoms with E-state index in [0.717, 1.165) is 27.7 Å². The van der Waals surface area contributed by atoms with E-state index in [0.29, 0.717) is 13.0 Å². The Morgan fingerprint density at radius 1 is 1.26 bits per heavy atom. The van der Waals surface area contributed by atoms with Gasteiger partial charge in [0.1, 0.15) is 5.58 Å². The first kappa shape index (κ1) is 15.3. The Morgan fingerprint density at radius 2 is 2.09 bits per heavy atom. The Morgan fingerprint density at radius 3 is 2.83 bits per heavy atom. The molecular formula is C19H20N2O2. The smallest absolute Gasteiger partial charge is 0.227 e. The van der Waals surface area contributed by atoms with Gasteiger partial charge in [-0.1, -0.05) is 18.2 Å². The molecule has 0 radical (unpaired) electrons. The van der Waals surface area contributed by atoms with Gasteiger partial charge < -0.3 is 9.32 Å². The average Bonchev–Trinajstić information content (AvgIpc) is 2.95. The summed E-state index contributed by atoms with van der Waals surface area (Å²) in [7, 11) is 1.81. The molecule has 4 nitrogen and oxygen atoms in total. The highest BCUT2D eigenvalue weighted by atomic mass is 16.3. The topological polar surface area (TPSA) is 46.3 Å². The summed E-state index contributed by atoms with van der Waals surface area (Å²) in [5, 5.41) is 1.02. The van der Waals surface area contributed by atoms with Gasteiger partial charge >= 0.3 is 0 Å². The number of nitrogens with zero attached hydrogens (tertiary/aromatic N) is 2. The minimum absolute atomic E-state index is 0.0646. The molecule has 118 valence electrons. The highest BCUT2D eigenvalue weighted by molar-refractivity contribution is 5.89. The van der Waals surface area contributed by atoms with Crippen LogP contribution >= 0.6 is 0 Å². The van der Waals surface area contributed by atoms with Gasteiger partial charge in [-0.2, -0.15) is 0 Å². The van der Waals surface area contributed by atoms with Crippen LogP contribution in [-0.2, 0) is 17.8 Å². The molecule has 3 aromatic rings. The molecule has 3 rings (SSSR count). The zero-order valence-corrected chi connectivity index (χ0v) is 13.7. The van der Waals surface area contributed by atoms with Crippen molar-refractivity contribution in [2.45, 2.75) is 26.8 Å². The summed E-state index contributed by atoms with van der Waals surface area (Å²) in [6.45, 7) is 4.66. The number of hydrogen-bond donors (Lipinski definition) is 0. The highest BCUT2D eigenvalue weighted by Crippen LogP contribution is 2.27. The fourth-order valence-corrected chi connectivity index (χ4v) is 2.68. The summed E-state index contributed by atoms with van der Waals surface area (Å²) in [4.78, 5) is 18.3. The SMILES string of the molecule is Cc1ccc2c(CC(=O)N(C)Cc3cccnc3)coc2c1C. The van der Waals surface area contributed by atoms with Crippen molar-refractivity contribution in [1.29, 1.82) is 0 Å². The summed E-state index contributed by atoms with van der Waals surface area (Å²) < 4.78 is 5.68. The number of benzene rings is 1. The third kappa shape index (κ3) is 3.11. The molecule has 0 fully saturated rings. The molecule has 0 aliphatic carbocycles. The molecule has 0 aliphatic rings.